The molecule has 0 unspecified atom stereocenters. The van der Waals surface area contributed by atoms with Crippen molar-refractivity contribution in [2.45, 2.75) is 27.7 Å². The Morgan fingerprint density at radius 1 is 0.800 bits per heavy atom. The number of rotatable bonds is 6. The quantitative estimate of drug-likeness (QED) is 0.635. The van der Waals surface area contributed by atoms with Crippen molar-refractivity contribution >= 4 is 0 Å². The van der Waals surface area contributed by atoms with E-state index in [1.54, 1.807) is 26.7 Å². The molecule has 0 aliphatic rings. The molecule has 3 heteroatoms. The van der Waals surface area contributed by atoms with Crippen LogP contribution in [0, 0.1) is 11.8 Å². The number of methoxy groups -OCH3 is 2. The van der Waals surface area contributed by atoms with Gasteiger partial charge in [-0.3, -0.25) is 0 Å². The first-order chi connectivity index (χ1) is 7.02. The number of hydrogen-bond acceptors (Lipinski definition) is 3. The zero-order chi connectivity index (χ0) is 11.8. The largest absolute Gasteiger partial charge is 0.501 e. The van der Waals surface area contributed by atoms with Crippen LogP contribution in [0.2, 0.25) is 0 Å². The Morgan fingerprint density at radius 3 is 1.33 bits per heavy atom. The number of hydrogen-bond donors (Lipinski definition) is 0. The molecule has 0 aliphatic heterocycles. The minimum Gasteiger partial charge on any atom is -0.501 e. The van der Waals surface area contributed by atoms with Gasteiger partial charge in [-0.25, -0.2) is 0 Å². The van der Waals surface area contributed by atoms with Crippen LogP contribution < -0.4 is 0 Å². The molecule has 3 nitrogen and oxygen atoms in total. The van der Waals surface area contributed by atoms with Gasteiger partial charge in [0.2, 0.25) is 0 Å². The molecule has 88 valence electrons. The van der Waals surface area contributed by atoms with Crippen molar-refractivity contribution in [2.75, 3.05) is 14.2 Å². The van der Waals surface area contributed by atoms with Crippen LogP contribution in [0.5, 0.6) is 0 Å². The van der Waals surface area contributed by atoms with E-state index in [1.165, 1.54) is 0 Å². The van der Waals surface area contributed by atoms with Gasteiger partial charge in [-0.2, -0.15) is 0 Å². The second-order valence-corrected chi connectivity index (χ2v) is 3.92. The van der Waals surface area contributed by atoms with Crippen molar-refractivity contribution < 1.29 is 14.2 Å². The predicted molar refractivity (Wildman–Crippen MR) is 60.9 cm³/mol. The molecule has 0 atom stereocenters. The van der Waals surface area contributed by atoms with Gasteiger partial charge in [0.05, 0.1) is 14.2 Å². The lowest BCUT2D eigenvalue weighted by Gasteiger charge is -2.17. The van der Waals surface area contributed by atoms with E-state index in [0.29, 0.717) is 0 Å². The lowest BCUT2D eigenvalue weighted by molar-refractivity contribution is 0.189. The van der Waals surface area contributed by atoms with E-state index >= 15 is 0 Å². The van der Waals surface area contributed by atoms with E-state index in [2.05, 4.69) is 27.7 Å². The van der Waals surface area contributed by atoms with Crippen LogP contribution >= 0.6 is 0 Å². The van der Waals surface area contributed by atoms with Crippen molar-refractivity contribution in [1.82, 2.24) is 0 Å². The van der Waals surface area contributed by atoms with E-state index in [4.69, 9.17) is 14.2 Å². The maximum absolute atomic E-state index is 5.73. The molecule has 0 saturated heterocycles. The fourth-order valence-corrected chi connectivity index (χ4v) is 0.924. The maximum Gasteiger partial charge on any atom is 0.141 e. The third-order valence-corrected chi connectivity index (χ3v) is 1.84. The van der Waals surface area contributed by atoms with Crippen LogP contribution in [0.1, 0.15) is 27.7 Å². The average Bonchev–Trinajstić information content (AvgIpc) is 2.15. The van der Waals surface area contributed by atoms with Crippen molar-refractivity contribution in [2.24, 2.45) is 11.8 Å². The monoisotopic (exact) mass is 214 g/mol. The van der Waals surface area contributed by atoms with Crippen LogP contribution in [0.3, 0.4) is 0 Å². The van der Waals surface area contributed by atoms with Crippen LogP contribution in [0.15, 0.2) is 24.0 Å². The summed E-state index contributed by atoms with van der Waals surface area (Å²) in [5, 5.41) is 0. The molecule has 0 aromatic rings. The Balaban J connectivity index is 4.63. The first-order valence-corrected chi connectivity index (χ1v) is 5.16. The van der Waals surface area contributed by atoms with E-state index < -0.39 is 0 Å². The summed E-state index contributed by atoms with van der Waals surface area (Å²) in [5.41, 5.74) is 0. The summed E-state index contributed by atoms with van der Waals surface area (Å²) >= 11 is 0. The minimum atomic E-state index is 0.281. The summed E-state index contributed by atoms with van der Waals surface area (Å²) in [6.45, 7) is 8.20. The van der Waals surface area contributed by atoms with E-state index in [0.717, 1.165) is 11.5 Å². The van der Waals surface area contributed by atoms with Crippen molar-refractivity contribution in [1.29, 1.82) is 0 Å². The Kier molecular flexibility index (Phi) is 6.67. The summed E-state index contributed by atoms with van der Waals surface area (Å²) < 4.78 is 15.7. The van der Waals surface area contributed by atoms with Gasteiger partial charge in [-0.1, -0.05) is 27.7 Å². The third kappa shape index (κ3) is 5.35. The molecule has 0 saturated carbocycles. The molecule has 0 rings (SSSR count). The van der Waals surface area contributed by atoms with E-state index in [-0.39, 0.29) is 11.8 Å². The zero-order valence-corrected chi connectivity index (χ0v) is 10.5. The van der Waals surface area contributed by atoms with Gasteiger partial charge in [0, 0.05) is 11.8 Å². The van der Waals surface area contributed by atoms with Gasteiger partial charge in [0.1, 0.15) is 24.0 Å². The molecule has 0 fully saturated rings. The molecule has 0 aromatic carbocycles. The van der Waals surface area contributed by atoms with Crippen molar-refractivity contribution in [3.05, 3.63) is 24.0 Å². The highest BCUT2D eigenvalue weighted by Crippen LogP contribution is 2.20. The average molecular weight is 214 g/mol. The molecule has 0 bridgehead atoms. The highest BCUT2D eigenvalue weighted by atomic mass is 16.5. The molecule has 0 aromatic heterocycles. The van der Waals surface area contributed by atoms with Crippen LogP contribution in [-0.4, -0.2) is 14.2 Å². The Hall–Kier alpha value is -1.12. The van der Waals surface area contributed by atoms with Gasteiger partial charge < -0.3 is 14.2 Å². The van der Waals surface area contributed by atoms with Gasteiger partial charge in [0.15, 0.2) is 0 Å². The summed E-state index contributed by atoms with van der Waals surface area (Å²) in [5.74, 6) is 2.16. The fourth-order valence-electron chi connectivity index (χ4n) is 0.924. The molecule has 0 spiro atoms. The molecular weight excluding hydrogens is 192 g/mol. The smallest absolute Gasteiger partial charge is 0.141 e. The normalized spacial score (nSPS) is 13.3. The second kappa shape index (κ2) is 7.21. The molecule has 0 N–H and O–H groups in total. The third-order valence-electron chi connectivity index (χ3n) is 1.84. The predicted octanol–water partition coefficient (Wildman–Crippen LogP) is 3.29. The second-order valence-electron chi connectivity index (χ2n) is 3.92. The zero-order valence-electron chi connectivity index (χ0n) is 10.5. The molecule has 0 aliphatic carbocycles. The summed E-state index contributed by atoms with van der Waals surface area (Å²) in [6.07, 6.45) is 3.24. The summed E-state index contributed by atoms with van der Waals surface area (Å²) in [4.78, 5) is 0. The summed E-state index contributed by atoms with van der Waals surface area (Å²) in [6, 6.07) is 0. The highest BCUT2D eigenvalue weighted by Gasteiger charge is 2.11. The minimum absolute atomic E-state index is 0.281. The van der Waals surface area contributed by atoms with Crippen LogP contribution in [0.4, 0.5) is 0 Å². The highest BCUT2D eigenvalue weighted by molar-refractivity contribution is 5.01. The maximum atomic E-state index is 5.73. The molecule has 0 amide bonds. The van der Waals surface area contributed by atoms with Gasteiger partial charge in [0.25, 0.3) is 0 Å². The first kappa shape index (κ1) is 13.9. The lowest BCUT2D eigenvalue weighted by atomic mass is 10.1. The fraction of sp³-hybridized carbons (Fsp3) is 0.667. The SMILES string of the molecule is COC=C(OC(=COC)C(C)C)C(C)C. The van der Waals surface area contributed by atoms with Gasteiger partial charge >= 0.3 is 0 Å². The van der Waals surface area contributed by atoms with Crippen molar-refractivity contribution in [3.8, 4) is 0 Å². The Morgan fingerprint density at radius 2 is 1.13 bits per heavy atom. The summed E-state index contributed by atoms with van der Waals surface area (Å²) in [7, 11) is 3.22. The standard InChI is InChI=1S/C12H22O3/c1-9(2)11(7-13-5)15-12(8-14-6)10(3)4/h7-10H,1-6H3. The molecular formula is C12H22O3. The van der Waals surface area contributed by atoms with E-state index in [1.807, 2.05) is 0 Å². The number of ether oxygens (including phenoxy) is 3. The Labute approximate surface area is 92.7 Å². The van der Waals surface area contributed by atoms with Crippen LogP contribution in [-0.2, 0) is 14.2 Å². The topological polar surface area (TPSA) is 27.7 Å². The first-order valence-electron chi connectivity index (χ1n) is 5.16. The van der Waals surface area contributed by atoms with Crippen molar-refractivity contribution in [3.63, 3.8) is 0 Å². The Bertz CT molecular complexity index is 203. The molecule has 15 heavy (non-hydrogen) atoms. The lowest BCUT2D eigenvalue weighted by Crippen LogP contribution is -2.05. The van der Waals surface area contributed by atoms with E-state index in [9.17, 15) is 0 Å². The number of allylic oxidation sites excluding steroid dienone is 2. The van der Waals surface area contributed by atoms with Crippen LogP contribution in [0.25, 0.3) is 0 Å². The molecule has 0 heterocycles. The van der Waals surface area contributed by atoms with Gasteiger partial charge in [-0.15, -0.1) is 0 Å². The van der Waals surface area contributed by atoms with Gasteiger partial charge in [-0.05, 0) is 0 Å². The molecule has 0 radical (unpaired) electrons.